The Hall–Kier alpha value is -4.47. The summed E-state index contributed by atoms with van der Waals surface area (Å²) in [4.78, 5) is 43.7. The largest absolute Gasteiger partial charge is 0.319 e. The highest BCUT2D eigenvalue weighted by Crippen LogP contribution is 2.15. The Kier molecular flexibility index (Phi) is 4.66. The van der Waals surface area contributed by atoms with Crippen molar-refractivity contribution in [2.24, 2.45) is 0 Å². The number of carbonyl (C=O) groups is 1. The summed E-state index contributed by atoms with van der Waals surface area (Å²) in [5, 5.41) is 7.09. The van der Waals surface area contributed by atoms with Gasteiger partial charge in [0.15, 0.2) is 0 Å². The fraction of sp³-hybridized carbons (Fsp3) is 0.136. The molecule has 1 aromatic carbocycles. The van der Waals surface area contributed by atoms with Crippen LogP contribution in [-0.2, 0) is 13.1 Å². The summed E-state index contributed by atoms with van der Waals surface area (Å²) >= 11 is 0. The number of aromatic nitrogens is 6. The fourth-order valence-electron chi connectivity index (χ4n) is 3.68. The first kappa shape index (κ1) is 19.5. The Labute approximate surface area is 180 Å². The molecule has 0 radical (unpaired) electrons. The topological polar surface area (TPSA) is 119 Å². The number of benzene rings is 1. The van der Waals surface area contributed by atoms with Gasteiger partial charge in [0.05, 0.1) is 35.2 Å². The quantitative estimate of drug-likeness (QED) is 0.413. The van der Waals surface area contributed by atoms with Crippen molar-refractivity contribution in [3.8, 4) is 0 Å². The van der Waals surface area contributed by atoms with Gasteiger partial charge < -0.3 is 19.3 Å². The second kappa shape index (κ2) is 7.65. The molecule has 10 heteroatoms. The van der Waals surface area contributed by atoms with Crippen molar-refractivity contribution in [2.45, 2.75) is 20.0 Å². The number of rotatable bonds is 5. The lowest BCUT2D eigenvalue weighted by molar-refractivity contribution is 0.102. The van der Waals surface area contributed by atoms with E-state index in [0.717, 1.165) is 11.3 Å². The lowest BCUT2D eigenvalue weighted by atomic mass is 10.1. The van der Waals surface area contributed by atoms with E-state index in [-0.39, 0.29) is 5.91 Å². The Morgan fingerprint density at radius 2 is 2.03 bits per heavy atom. The summed E-state index contributed by atoms with van der Waals surface area (Å²) in [5.74, 6) is -0.353. The van der Waals surface area contributed by atoms with Crippen LogP contribution in [0.3, 0.4) is 0 Å². The van der Waals surface area contributed by atoms with Crippen molar-refractivity contribution in [2.75, 3.05) is 5.32 Å². The van der Waals surface area contributed by atoms with Crippen LogP contribution in [0.5, 0.6) is 0 Å². The van der Waals surface area contributed by atoms with Gasteiger partial charge >= 0.3 is 11.1 Å². The van der Waals surface area contributed by atoms with Gasteiger partial charge in [0, 0.05) is 30.7 Å². The van der Waals surface area contributed by atoms with Crippen LogP contribution in [0.25, 0.3) is 16.7 Å². The van der Waals surface area contributed by atoms with Crippen molar-refractivity contribution >= 4 is 28.3 Å². The molecular formula is C22H19N7O3. The molecule has 10 nitrogen and oxygen atoms in total. The summed E-state index contributed by atoms with van der Waals surface area (Å²) < 4.78 is 5.00. The van der Waals surface area contributed by atoms with Gasteiger partial charge in [-0.1, -0.05) is 6.07 Å². The maximum absolute atomic E-state index is 12.7. The molecule has 0 aliphatic carbocycles. The first-order chi connectivity index (χ1) is 15.5. The fourth-order valence-corrected chi connectivity index (χ4v) is 3.68. The number of pyridine rings is 1. The van der Waals surface area contributed by atoms with Crippen LogP contribution in [0.4, 0.5) is 5.69 Å². The molecular weight excluding hydrogens is 410 g/mol. The number of aryl methyl sites for hydroxylation is 1. The molecule has 4 heterocycles. The van der Waals surface area contributed by atoms with Crippen LogP contribution in [0, 0.1) is 0 Å². The second-order valence-electron chi connectivity index (χ2n) is 7.31. The third kappa shape index (κ3) is 3.47. The zero-order valence-corrected chi connectivity index (χ0v) is 17.1. The SMILES string of the molecule is CCn1c(=O)c(=O)[nH]c2cc(C(=O)Nc3cnn(Cc4cn5ccccc5n4)c3)ccc21. The molecule has 0 spiro atoms. The molecule has 5 rings (SSSR count). The highest BCUT2D eigenvalue weighted by atomic mass is 16.2. The Bertz CT molecular complexity index is 1560. The maximum Gasteiger partial charge on any atom is 0.316 e. The van der Waals surface area contributed by atoms with E-state index in [4.69, 9.17) is 0 Å². The number of amides is 1. The minimum absolute atomic E-state index is 0.350. The number of anilines is 1. The van der Waals surface area contributed by atoms with E-state index < -0.39 is 11.1 Å². The highest BCUT2D eigenvalue weighted by Gasteiger charge is 2.12. The van der Waals surface area contributed by atoms with Gasteiger partial charge in [0.25, 0.3) is 5.91 Å². The predicted molar refractivity (Wildman–Crippen MR) is 119 cm³/mol. The van der Waals surface area contributed by atoms with E-state index in [1.807, 2.05) is 35.0 Å². The third-order valence-corrected chi connectivity index (χ3v) is 5.18. The van der Waals surface area contributed by atoms with Crippen molar-refractivity contribution in [1.82, 2.24) is 28.7 Å². The summed E-state index contributed by atoms with van der Waals surface area (Å²) in [7, 11) is 0. The lowest BCUT2D eigenvalue weighted by Gasteiger charge is -2.08. The first-order valence-electron chi connectivity index (χ1n) is 10.0. The van der Waals surface area contributed by atoms with Crippen molar-refractivity contribution in [3.05, 3.63) is 93.2 Å². The van der Waals surface area contributed by atoms with E-state index in [9.17, 15) is 14.4 Å². The minimum atomic E-state index is -0.717. The normalized spacial score (nSPS) is 11.3. The van der Waals surface area contributed by atoms with Gasteiger partial charge in [0.2, 0.25) is 0 Å². The molecule has 2 N–H and O–H groups in total. The Morgan fingerprint density at radius 3 is 2.84 bits per heavy atom. The van der Waals surface area contributed by atoms with Gasteiger partial charge in [-0.25, -0.2) is 4.98 Å². The monoisotopic (exact) mass is 429 g/mol. The standard InChI is InChI=1S/C22H19N7O3/c1-2-29-18-7-6-14(9-17(18)26-21(31)22(29)32)20(30)25-15-10-23-28(12-15)13-16-11-27-8-4-3-5-19(27)24-16/h3-12H,2,13H2,1H3,(H,25,30)(H,26,31). The molecule has 0 atom stereocenters. The van der Waals surface area contributed by atoms with Crippen LogP contribution in [0.1, 0.15) is 23.0 Å². The minimum Gasteiger partial charge on any atom is -0.319 e. The van der Waals surface area contributed by atoms with Crippen LogP contribution < -0.4 is 16.4 Å². The number of imidazole rings is 1. The molecule has 0 saturated carbocycles. The van der Waals surface area contributed by atoms with Gasteiger partial charge in [-0.05, 0) is 37.3 Å². The summed E-state index contributed by atoms with van der Waals surface area (Å²) in [6.07, 6.45) is 7.14. The molecule has 0 aliphatic rings. The van der Waals surface area contributed by atoms with Gasteiger partial charge in [0.1, 0.15) is 5.65 Å². The summed E-state index contributed by atoms with van der Waals surface area (Å²) in [5.41, 5.74) is 2.23. The number of nitrogens with one attached hydrogen (secondary N) is 2. The summed E-state index contributed by atoms with van der Waals surface area (Å²) in [6, 6.07) is 10.6. The number of fused-ring (bicyclic) bond motifs is 2. The van der Waals surface area contributed by atoms with Gasteiger partial charge in [-0.3, -0.25) is 19.1 Å². The molecule has 160 valence electrons. The molecule has 0 bridgehead atoms. The highest BCUT2D eigenvalue weighted by molar-refractivity contribution is 6.05. The average molecular weight is 429 g/mol. The average Bonchev–Trinajstić information content (AvgIpc) is 3.40. The Morgan fingerprint density at radius 1 is 1.16 bits per heavy atom. The van der Waals surface area contributed by atoms with Crippen molar-refractivity contribution < 1.29 is 4.79 Å². The maximum atomic E-state index is 12.7. The third-order valence-electron chi connectivity index (χ3n) is 5.18. The number of nitrogens with zero attached hydrogens (tertiary/aromatic N) is 5. The van der Waals surface area contributed by atoms with Gasteiger partial charge in [-0.15, -0.1) is 0 Å². The van der Waals surface area contributed by atoms with E-state index in [2.05, 4.69) is 20.4 Å². The van der Waals surface area contributed by atoms with Crippen LogP contribution in [-0.4, -0.2) is 34.6 Å². The van der Waals surface area contributed by atoms with Crippen molar-refractivity contribution in [1.29, 1.82) is 0 Å². The molecule has 0 fully saturated rings. The van der Waals surface area contributed by atoms with E-state index in [0.29, 0.717) is 35.4 Å². The smallest absolute Gasteiger partial charge is 0.316 e. The predicted octanol–water partition coefficient (Wildman–Crippen LogP) is 1.85. The Balaban J connectivity index is 1.35. The molecule has 0 saturated heterocycles. The summed E-state index contributed by atoms with van der Waals surface area (Å²) in [6.45, 7) is 2.60. The van der Waals surface area contributed by atoms with E-state index in [1.165, 1.54) is 4.57 Å². The van der Waals surface area contributed by atoms with E-state index in [1.54, 1.807) is 42.2 Å². The number of hydrogen-bond acceptors (Lipinski definition) is 5. The number of H-pyrrole nitrogens is 1. The lowest BCUT2D eigenvalue weighted by Crippen LogP contribution is -2.36. The van der Waals surface area contributed by atoms with Crippen LogP contribution in [0.15, 0.2) is 70.8 Å². The molecule has 0 unspecified atom stereocenters. The molecule has 4 aromatic heterocycles. The van der Waals surface area contributed by atoms with Crippen LogP contribution in [0.2, 0.25) is 0 Å². The zero-order valence-electron chi connectivity index (χ0n) is 17.1. The van der Waals surface area contributed by atoms with Crippen LogP contribution >= 0.6 is 0 Å². The molecule has 5 aromatic rings. The van der Waals surface area contributed by atoms with Gasteiger partial charge in [-0.2, -0.15) is 5.10 Å². The molecule has 1 amide bonds. The van der Waals surface area contributed by atoms with Crippen molar-refractivity contribution in [3.63, 3.8) is 0 Å². The number of aromatic amines is 1. The second-order valence-corrected chi connectivity index (χ2v) is 7.31. The number of carbonyl (C=O) groups excluding carboxylic acids is 1. The zero-order chi connectivity index (χ0) is 22.2. The van der Waals surface area contributed by atoms with E-state index >= 15 is 0 Å². The first-order valence-corrected chi connectivity index (χ1v) is 10.0. The number of hydrogen-bond donors (Lipinski definition) is 2. The molecule has 0 aliphatic heterocycles. The molecule has 32 heavy (non-hydrogen) atoms.